The molecule has 0 aromatic carbocycles. The zero-order valence-corrected chi connectivity index (χ0v) is 8.49. The summed E-state index contributed by atoms with van der Waals surface area (Å²) in [7, 11) is 0. The van der Waals surface area contributed by atoms with Crippen LogP contribution in [-0.2, 0) is 4.74 Å². The van der Waals surface area contributed by atoms with E-state index in [2.05, 4.69) is 18.7 Å². The lowest BCUT2D eigenvalue weighted by atomic mass is 9.82. The zero-order valence-electron chi connectivity index (χ0n) is 8.49. The first-order chi connectivity index (χ1) is 6.17. The van der Waals surface area contributed by atoms with Crippen LogP contribution in [0.1, 0.15) is 20.3 Å². The Kier molecular flexibility index (Phi) is 2.34. The lowest BCUT2D eigenvalue weighted by molar-refractivity contribution is -0.165. The van der Waals surface area contributed by atoms with Crippen molar-refractivity contribution in [3.8, 4) is 0 Å². The Hall–Kier alpha value is -0.120. The van der Waals surface area contributed by atoms with Gasteiger partial charge in [-0.25, -0.2) is 0 Å². The molecule has 2 unspecified atom stereocenters. The summed E-state index contributed by atoms with van der Waals surface area (Å²) in [6.07, 6.45) is 1.29. The molecule has 2 heterocycles. The van der Waals surface area contributed by atoms with E-state index >= 15 is 0 Å². The van der Waals surface area contributed by atoms with Crippen LogP contribution in [0.15, 0.2) is 0 Å². The first-order valence-corrected chi connectivity index (χ1v) is 5.11. The molecule has 0 aromatic heterocycles. The molecule has 13 heavy (non-hydrogen) atoms. The highest BCUT2D eigenvalue weighted by Gasteiger charge is 2.44. The molecule has 3 nitrogen and oxygen atoms in total. The Balaban J connectivity index is 1.89. The van der Waals surface area contributed by atoms with E-state index in [1.165, 1.54) is 6.42 Å². The van der Waals surface area contributed by atoms with Gasteiger partial charge in [0, 0.05) is 18.6 Å². The smallest absolute Gasteiger partial charge is 0.0579 e. The third-order valence-corrected chi connectivity index (χ3v) is 3.48. The summed E-state index contributed by atoms with van der Waals surface area (Å²) in [4.78, 5) is 2.47. The van der Waals surface area contributed by atoms with E-state index in [0.29, 0.717) is 12.1 Å². The number of aliphatic hydroxyl groups excluding tert-OH is 1. The number of ether oxygens (including phenoxy) is 1. The van der Waals surface area contributed by atoms with E-state index in [1.807, 2.05) is 0 Å². The van der Waals surface area contributed by atoms with E-state index in [0.717, 1.165) is 19.8 Å². The van der Waals surface area contributed by atoms with Crippen molar-refractivity contribution in [2.24, 2.45) is 5.41 Å². The second-order valence-corrected chi connectivity index (χ2v) is 4.76. The van der Waals surface area contributed by atoms with Crippen LogP contribution in [0.2, 0.25) is 0 Å². The summed E-state index contributed by atoms with van der Waals surface area (Å²) in [5, 5.41) is 9.27. The molecule has 0 amide bonds. The Labute approximate surface area is 79.7 Å². The molecule has 0 radical (unpaired) electrons. The third kappa shape index (κ3) is 1.49. The van der Waals surface area contributed by atoms with Crippen molar-refractivity contribution in [3.05, 3.63) is 0 Å². The molecule has 1 N–H and O–H groups in total. The summed E-state index contributed by atoms with van der Waals surface area (Å²) in [5.74, 6) is 0. The molecule has 3 heteroatoms. The van der Waals surface area contributed by atoms with Gasteiger partial charge in [-0.2, -0.15) is 0 Å². The van der Waals surface area contributed by atoms with Crippen LogP contribution in [0.3, 0.4) is 0 Å². The second-order valence-electron chi connectivity index (χ2n) is 4.76. The van der Waals surface area contributed by atoms with E-state index in [4.69, 9.17) is 4.74 Å². The maximum absolute atomic E-state index is 9.27. The fourth-order valence-corrected chi connectivity index (χ4v) is 2.38. The lowest BCUT2D eigenvalue weighted by Gasteiger charge is -2.52. The van der Waals surface area contributed by atoms with Crippen molar-refractivity contribution in [1.82, 2.24) is 4.90 Å². The topological polar surface area (TPSA) is 32.7 Å². The molecule has 0 aromatic rings. The maximum Gasteiger partial charge on any atom is 0.0579 e. The minimum Gasteiger partial charge on any atom is -0.396 e. The van der Waals surface area contributed by atoms with Crippen LogP contribution < -0.4 is 0 Å². The highest BCUT2D eigenvalue weighted by Crippen LogP contribution is 2.34. The first kappa shape index (κ1) is 9.44. The molecule has 0 spiro atoms. The third-order valence-electron chi connectivity index (χ3n) is 3.48. The van der Waals surface area contributed by atoms with Crippen LogP contribution >= 0.6 is 0 Å². The van der Waals surface area contributed by atoms with E-state index in [1.54, 1.807) is 0 Å². The second kappa shape index (κ2) is 3.23. The Morgan fingerprint density at radius 2 is 2.00 bits per heavy atom. The molecule has 2 aliphatic rings. The Bertz CT molecular complexity index is 178. The fourth-order valence-electron chi connectivity index (χ4n) is 2.38. The van der Waals surface area contributed by atoms with Crippen molar-refractivity contribution in [1.29, 1.82) is 0 Å². The normalized spacial score (nSPS) is 38.1. The predicted octanol–water partition coefficient (Wildman–Crippen LogP) is 0.478. The van der Waals surface area contributed by atoms with Crippen molar-refractivity contribution in [3.63, 3.8) is 0 Å². The van der Waals surface area contributed by atoms with E-state index in [-0.39, 0.29) is 12.0 Å². The number of hydrogen-bond acceptors (Lipinski definition) is 3. The van der Waals surface area contributed by atoms with Crippen molar-refractivity contribution in [2.45, 2.75) is 32.4 Å². The minimum atomic E-state index is 0.0585. The van der Waals surface area contributed by atoms with Gasteiger partial charge in [0.05, 0.1) is 25.2 Å². The number of rotatable bonds is 3. The molecule has 0 aliphatic carbocycles. The van der Waals surface area contributed by atoms with Gasteiger partial charge >= 0.3 is 0 Å². The number of nitrogens with zero attached hydrogens (tertiary/aromatic N) is 1. The van der Waals surface area contributed by atoms with Gasteiger partial charge in [0.1, 0.15) is 0 Å². The zero-order chi connectivity index (χ0) is 9.47. The predicted molar refractivity (Wildman–Crippen MR) is 50.6 cm³/mol. The summed E-state index contributed by atoms with van der Waals surface area (Å²) < 4.78 is 5.18. The molecular weight excluding hydrogens is 166 g/mol. The van der Waals surface area contributed by atoms with E-state index < -0.39 is 0 Å². The lowest BCUT2D eigenvalue weighted by Crippen LogP contribution is -2.61. The average molecular weight is 185 g/mol. The van der Waals surface area contributed by atoms with Gasteiger partial charge in [0.2, 0.25) is 0 Å². The van der Waals surface area contributed by atoms with Crippen molar-refractivity contribution < 1.29 is 9.84 Å². The number of aliphatic hydroxyl groups is 1. The molecule has 2 aliphatic heterocycles. The summed E-state index contributed by atoms with van der Waals surface area (Å²) in [6, 6.07) is 1.39. The summed E-state index contributed by atoms with van der Waals surface area (Å²) in [5.41, 5.74) is 0.0585. The Morgan fingerprint density at radius 3 is 2.31 bits per heavy atom. The van der Waals surface area contributed by atoms with Gasteiger partial charge in [0.15, 0.2) is 0 Å². The van der Waals surface area contributed by atoms with Crippen molar-refractivity contribution >= 4 is 0 Å². The van der Waals surface area contributed by atoms with Crippen molar-refractivity contribution in [2.75, 3.05) is 26.4 Å². The molecule has 76 valence electrons. The highest BCUT2D eigenvalue weighted by atomic mass is 16.5. The number of likely N-dealkylation sites (tertiary alicyclic amines) is 1. The largest absolute Gasteiger partial charge is 0.396 e. The van der Waals surface area contributed by atoms with Crippen LogP contribution in [0.25, 0.3) is 0 Å². The maximum atomic E-state index is 9.27. The van der Waals surface area contributed by atoms with Crippen LogP contribution in [0.5, 0.6) is 0 Å². The summed E-state index contributed by atoms with van der Waals surface area (Å²) >= 11 is 0. The average Bonchev–Trinajstić information content (AvgIpc) is 2.03. The molecule has 2 atom stereocenters. The number of hydrogen-bond donors (Lipinski definition) is 1. The monoisotopic (exact) mass is 185 g/mol. The van der Waals surface area contributed by atoms with Gasteiger partial charge in [-0.3, -0.25) is 4.90 Å². The SMILES string of the molecule is CC1CC(C)N1CC1(CO)COC1. The summed E-state index contributed by atoms with van der Waals surface area (Å²) in [6.45, 7) is 7.25. The van der Waals surface area contributed by atoms with Gasteiger partial charge in [-0.15, -0.1) is 0 Å². The Morgan fingerprint density at radius 1 is 1.38 bits per heavy atom. The molecule has 0 saturated carbocycles. The van der Waals surface area contributed by atoms with Gasteiger partial charge in [-0.1, -0.05) is 0 Å². The molecule has 2 rings (SSSR count). The van der Waals surface area contributed by atoms with Gasteiger partial charge in [-0.05, 0) is 20.3 Å². The molecule has 2 saturated heterocycles. The minimum absolute atomic E-state index is 0.0585. The van der Waals surface area contributed by atoms with E-state index in [9.17, 15) is 5.11 Å². The van der Waals surface area contributed by atoms with Crippen LogP contribution in [0.4, 0.5) is 0 Å². The molecular formula is C10H19NO2. The fraction of sp³-hybridized carbons (Fsp3) is 1.00. The van der Waals surface area contributed by atoms with Crippen LogP contribution in [-0.4, -0.2) is 48.5 Å². The molecule has 2 fully saturated rings. The molecule has 0 bridgehead atoms. The van der Waals surface area contributed by atoms with Gasteiger partial charge in [0.25, 0.3) is 0 Å². The quantitative estimate of drug-likeness (QED) is 0.694. The standard InChI is InChI=1S/C10H19NO2/c1-8-3-9(2)11(8)4-10(5-12)6-13-7-10/h8-9,12H,3-7H2,1-2H3. The van der Waals surface area contributed by atoms with Crippen LogP contribution in [0, 0.1) is 5.41 Å². The van der Waals surface area contributed by atoms with Gasteiger partial charge < -0.3 is 9.84 Å². The highest BCUT2D eigenvalue weighted by molar-refractivity contribution is 4.95. The first-order valence-electron chi connectivity index (χ1n) is 5.11.